The second kappa shape index (κ2) is 9.14. The van der Waals surface area contributed by atoms with Gasteiger partial charge in [-0.15, -0.1) is 5.10 Å². The molecule has 0 aliphatic rings. The molecule has 2 aromatic carbocycles. The van der Waals surface area contributed by atoms with Gasteiger partial charge in [-0.05, 0) is 58.2 Å². The third kappa shape index (κ3) is 5.01. The number of pyridine rings is 1. The number of tetrazole rings is 1. The lowest BCUT2D eigenvalue weighted by Gasteiger charge is -2.23. The normalized spacial score (nSPS) is 12.5. The van der Waals surface area contributed by atoms with E-state index in [1.165, 1.54) is 12.1 Å². The highest BCUT2D eigenvalue weighted by Gasteiger charge is 2.20. The van der Waals surface area contributed by atoms with Crippen LogP contribution in [-0.4, -0.2) is 36.5 Å². The molecule has 0 fully saturated rings. The Morgan fingerprint density at radius 3 is 2.53 bits per heavy atom. The Kier molecular flexibility index (Phi) is 6.25. The first-order valence-electron chi connectivity index (χ1n) is 10.7. The fourth-order valence-electron chi connectivity index (χ4n) is 3.57. The Morgan fingerprint density at radius 2 is 1.82 bits per heavy atom. The van der Waals surface area contributed by atoms with Gasteiger partial charge < -0.3 is 16.2 Å². The van der Waals surface area contributed by atoms with Crippen LogP contribution >= 0.6 is 0 Å². The molecular weight excluding hydrogens is 440 g/mol. The van der Waals surface area contributed by atoms with Crippen molar-refractivity contribution in [3.8, 4) is 28.2 Å². The second-order valence-electron chi connectivity index (χ2n) is 9.15. The number of aromatic nitrogens is 5. The standard InChI is InChI=1S/C24H25F2N7O/c1-24(2,3)12-20(34)29-16-9-7-14(8-10-16)15-11-17(22(27)28-13-15)23-30-31-32-33(23)19-6-4-5-18(25)21(19)26/h4-11,13,20,29,34H,12H2,1-3H3,(H2,27,28). The quantitative estimate of drug-likeness (QED) is 0.361. The summed E-state index contributed by atoms with van der Waals surface area (Å²) in [6.45, 7) is 6.18. The van der Waals surface area contributed by atoms with Gasteiger partial charge in [0.2, 0.25) is 0 Å². The highest BCUT2D eigenvalue weighted by molar-refractivity contribution is 5.77. The fourth-order valence-corrected chi connectivity index (χ4v) is 3.57. The number of nitrogen functional groups attached to an aromatic ring is 1. The molecule has 8 nitrogen and oxygen atoms in total. The summed E-state index contributed by atoms with van der Waals surface area (Å²) in [5.41, 5.74) is 8.62. The minimum Gasteiger partial charge on any atom is -0.383 e. The van der Waals surface area contributed by atoms with Crippen molar-refractivity contribution >= 4 is 11.5 Å². The van der Waals surface area contributed by atoms with Crippen LogP contribution in [-0.2, 0) is 0 Å². The summed E-state index contributed by atoms with van der Waals surface area (Å²) in [6, 6.07) is 12.9. The van der Waals surface area contributed by atoms with Gasteiger partial charge in [-0.2, -0.15) is 4.68 Å². The molecule has 1 unspecified atom stereocenters. The van der Waals surface area contributed by atoms with E-state index in [0.29, 0.717) is 12.0 Å². The maximum atomic E-state index is 14.4. The Bertz CT molecular complexity index is 1300. The Hall–Kier alpha value is -3.92. The van der Waals surface area contributed by atoms with Crippen LogP contribution in [0.5, 0.6) is 0 Å². The molecule has 34 heavy (non-hydrogen) atoms. The van der Waals surface area contributed by atoms with E-state index in [9.17, 15) is 13.9 Å². The van der Waals surface area contributed by atoms with Gasteiger partial charge in [0, 0.05) is 17.4 Å². The zero-order valence-corrected chi connectivity index (χ0v) is 19.0. The summed E-state index contributed by atoms with van der Waals surface area (Å²) in [6.07, 6.45) is 1.53. The van der Waals surface area contributed by atoms with Gasteiger partial charge in [-0.3, -0.25) is 0 Å². The number of nitrogens with zero attached hydrogens (tertiary/aromatic N) is 5. The molecular formula is C24H25F2N7O. The molecule has 0 spiro atoms. The molecule has 0 aliphatic carbocycles. The SMILES string of the molecule is CC(C)(C)CC(O)Nc1ccc(-c2cnc(N)c(-c3nnnn3-c3cccc(F)c3F)c2)cc1. The maximum absolute atomic E-state index is 14.4. The molecule has 0 saturated heterocycles. The van der Waals surface area contributed by atoms with E-state index in [4.69, 9.17) is 5.73 Å². The molecule has 4 rings (SSSR count). The number of aliphatic hydroxyl groups is 1. The van der Waals surface area contributed by atoms with Crippen LogP contribution in [0.2, 0.25) is 0 Å². The first-order valence-corrected chi connectivity index (χ1v) is 10.7. The van der Waals surface area contributed by atoms with Crippen molar-refractivity contribution in [3.05, 3.63) is 66.4 Å². The third-order valence-electron chi connectivity index (χ3n) is 5.15. The lowest BCUT2D eigenvalue weighted by molar-refractivity contribution is 0.145. The van der Waals surface area contributed by atoms with Gasteiger partial charge in [0.15, 0.2) is 17.5 Å². The Labute approximate surface area is 195 Å². The number of benzene rings is 2. The van der Waals surface area contributed by atoms with Crippen molar-refractivity contribution in [1.82, 2.24) is 25.2 Å². The first-order chi connectivity index (χ1) is 16.1. The average Bonchev–Trinajstić information content (AvgIpc) is 3.24. The molecule has 0 aliphatic heterocycles. The maximum Gasteiger partial charge on any atom is 0.190 e. The molecule has 0 bridgehead atoms. The third-order valence-corrected chi connectivity index (χ3v) is 5.15. The highest BCUT2D eigenvalue weighted by atomic mass is 19.2. The molecule has 0 amide bonds. The smallest absolute Gasteiger partial charge is 0.190 e. The van der Waals surface area contributed by atoms with E-state index in [2.05, 4.69) is 46.6 Å². The van der Waals surface area contributed by atoms with Gasteiger partial charge in [0.1, 0.15) is 17.7 Å². The minimum absolute atomic E-state index is 0.0117. The van der Waals surface area contributed by atoms with E-state index in [1.807, 2.05) is 24.3 Å². The van der Waals surface area contributed by atoms with Crippen molar-refractivity contribution in [2.75, 3.05) is 11.1 Å². The fraction of sp³-hybridized carbons (Fsp3) is 0.250. The summed E-state index contributed by atoms with van der Waals surface area (Å²) >= 11 is 0. The summed E-state index contributed by atoms with van der Waals surface area (Å²) in [5.74, 6) is -1.82. The molecule has 4 aromatic rings. The number of halogens is 2. The lowest BCUT2D eigenvalue weighted by Crippen LogP contribution is -2.25. The first kappa shape index (κ1) is 23.2. The van der Waals surface area contributed by atoms with E-state index < -0.39 is 17.9 Å². The molecule has 10 heteroatoms. The molecule has 2 heterocycles. The molecule has 2 aromatic heterocycles. The molecule has 1 atom stereocenters. The predicted octanol–water partition coefficient (Wildman–Crippen LogP) is 4.42. The predicted molar refractivity (Wildman–Crippen MR) is 126 cm³/mol. The van der Waals surface area contributed by atoms with Crippen LogP contribution in [0.25, 0.3) is 28.2 Å². The summed E-state index contributed by atoms with van der Waals surface area (Å²) < 4.78 is 29.2. The van der Waals surface area contributed by atoms with E-state index in [-0.39, 0.29) is 22.7 Å². The summed E-state index contributed by atoms with van der Waals surface area (Å²) in [7, 11) is 0. The number of rotatable bonds is 6. The zero-order chi connectivity index (χ0) is 24.5. The van der Waals surface area contributed by atoms with Crippen LogP contribution in [0.15, 0.2) is 54.7 Å². The Morgan fingerprint density at radius 1 is 1.09 bits per heavy atom. The lowest BCUT2D eigenvalue weighted by atomic mass is 9.91. The van der Waals surface area contributed by atoms with Crippen molar-refractivity contribution in [1.29, 1.82) is 0 Å². The largest absolute Gasteiger partial charge is 0.383 e. The monoisotopic (exact) mass is 465 g/mol. The summed E-state index contributed by atoms with van der Waals surface area (Å²) in [5, 5.41) is 24.7. The molecule has 4 N–H and O–H groups in total. The van der Waals surface area contributed by atoms with Crippen LogP contribution in [0.1, 0.15) is 27.2 Å². The van der Waals surface area contributed by atoms with Crippen LogP contribution in [0, 0.1) is 17.0 Å². The summed E-state index contributed by atoms with van der Waals surface area (Å²) in [4.78, 5) is 4.24. The number of nitrogens with two attached hydrogens (primary N) is 1. The topological polar surface area (TPSA) is 115 Å². The number of hydrogen-bond acceptors (Lipinski definition) is 7. The van der Waals surface area contributed by atoms with Crippen LogP contribution in [0.4, 0.5) is 20.3 Å². The van der Waals surface area contributed by atoms with E-state index >= 15 is 0 Å². The van der Waals surface area contributed by atoms with Crippen LogP contribution < -0.4 is 11.1 Å². The zero-order valence-electron chi connectivity index (χ0n) is 19.0. The number of hydrogen-bond donors (Lipinski definition) is 3. The van der Waals surface area contributed by atoms with Gasteiger partial charge >= 0.3 is 0 Å². The molecule has 0 radical (unpaired) electrons. The van der Waals surface area contributed by atoms with Crippen molar-refractivity contribution in [2.24, 2.45) is 5.41 Å². The van der Waals surface area contributed by atoms with Crippen LogP contribution in [0.3, 0.4) is 0 Å². The van der Waals surface area contributed by atoms with Crippen molar-refractivity contribution in [2.45, 2.75) is 33.4 Å². The van der Waals surface area contributed by atoms with Gasteiger partial charge in [0.05, 0.1) is 5.56 Å². The second-order valence-corrected chi connectivity index (χ2v) is 9.15. The van der Waals surface area contributed by atoms with Gasteiger partial charge in [-0.25, -0.2) is 13.8 Å². The van der Waals surface area contributed by atoms with E-state index in [1.54, 1.807) is 12.3 Å². The number of anilines is 2. The van der Waals surface area contributed by atoms with Gasteiger partial charge in [0.25, 0.3) is 0 Å². The Balaban J connectivity index is 1.63. The van der Waals surface area contributed by atoms with E-state index in [0.717, 1.165) is 27.6 Å². The highest BCUT2D eigenvalue weighted by Crippen LogP contribution is 2.31. The molecule has 176 valence electrons. The molecule has 0 saturated carbocycles. The minimum atomic E-state index is -1.07. The van der Waals surface area contributed by atoms with Crippen molar-refractivity contribution < 1.29 is 13.9 Å². The number of aliphatic hydroxyl groups excluding tert-OH is 1. The average molecular weight is 466 g/mol. The van der Waals surface area contributed by atoms with Crippen molar-refractivity contribution in [3.63, 3.8) is 0 Å². The van der Waals surface area contributed by atoms with Gasteiger partial charge in [-0.1, -0.05) is 39.0 Å². The number of nitrogens with one attached hydrogen (secondary N) is 1.